The fourth-order valence-corrected chi connectivity index (χ4v) is 3.24. The van der Waals surface area contributed by atoms with Gasteiger partial charge in [0.25, 0.3) is 0 Å². The molecule has 0 radical (unpaired) electrons. The Kier molecular flexibility index (Phi) is 8.86. The van der Waals surface area contributed by atoms with E-state index in [4.69, 9.17) is 0 Å². The topological polar surface area (TPSA) is 58.3 Å². The van der Waals surface area contributed by atoms with E-state index in [0.29, 0.717) is 0 Å². The number of hydrogen-bond acceptors (Lipinski definition) is 3. The van der Waals surface area contributed by atoms with Gasteiger partial charge in [-0.05, 0) is 24.7 Å². The van der Waals surface area contributed by atoms with E-state index in [1.807, 2.05) is 7.05 Å². The van der Waals surface area contributed by atoms with Gasteiger partial charge in [-0.1, -0.05) is 20.8 Å². The molecule has 6 nitrogen and oxygen atoms in total. The van der Waals surface area contributed by atoms with Gasteiger partial charge in [-0.25, -0.2) is 0 Å². The molecule has 1 unspecified atom stereocenters. The summed E-state index contributed by atoms with van der Waals surface area (Å²) in [6.45, 7) is 10.7. The van der Waals surface area contributed by atoms with Crippen molar-refractivity contribution < 1.29 is 0 Å². The van der Waals surface area contributed by atoms with Crippen molar-refractivity contribution in [2.75, 3.05) is 26.7 Å². The van der Waals surface area contributed by atoms with Crippen molar-refractivity contribution in [1.82, 2.24) is 25.0 Å². The van der Waals surface area contributed by atoms with E-state index in [9.17, 15) is 0 Å². The normalized spacial score (nSPS) is 18.4. The molecule has 1 aromatic heterocycles. The number of hydrogen-bond donors (Lipinski definition) is 1. The van der Waals surface area contributed by atoms with E-state index >= 15 is 0 Å². The van der Waals surface area contributed by atoms with Gasteiger partial charge in [-0.3, -0.25) is 4.99 Å². The Labute approximate surface area is 157 Å². The van der Waals surface area contributed by atoms with E-state index in [1.54, 1.807) is 6.33 Å². The van der Waals surface area contributed by atoms with Gasteiger partial charge in [0.05, 0.1) is 0 Å². The summed E-state index contributed by atoms with van der Waals surface area (Å²) < 4.78 is 2.10. The van der Waals surface area contributed by atoms with Crippen LogP contribution < -0.4 is 5.32 Å². The average molecular weight is 434 g/mol. The van der Waals surface area contributed by atoms with Crippen molar-refractivity contribution >= 4 is 29.9 Å². The van der Waals surface area contributed by atoms with Crippen LogP contribution in [0.5, 0.6) is 0 Å². The van der Waals surface area contributed by atoms with Gasteiger partial charge in [0.2, 0.25) is 0 Å². The van der Waals surface area contributed by atoms with Crippen LogP contribution >= 0.6 is 24.0 Å². The zero-order chi connectivity index (χ0) is 15.9. The highest BCUT2D eigenvalue weighted by atomic mass is 127. The Morgan fingerprint density at radius 2 is 2.26 bits per heavy atom. The summed E-state index contributed by atoms with van der Waals surface area (Å²) in [6.07, 6.45) is 5.31. The number of halogens is 1. The number of rotatable bonds is 6. The summed E-state index contributed by atoms with van der Waals surface area (Å²) in [5.41, 5.74) is 0. The third-order valence-corrected chi connectivity index (χ3v) is 4.25. The number of likely N-dealkylation sites (tertiary alicyclic amines) is 1. The lowest BCUT2D eigenvalue weighted by atomic mass is 9.97. The Balaban J connectivity index is 0.00000264. The van der Waals surface area contributed by atoms with E-state index in [0.717, 1.165) is 56.2 Å². The molecule has 132 valence electrons. The highest BCUT2D eigenvalue weighted by Crippen LogP contribution is 2.23. The first-order chi connectivity index (χ1) is 10.6. The second kappa shape index (κ2) is 10.1. The molecule has 1 saturated heterocycles. The van der Waals surface area contributed by atoms with E-state index in [2.05, 4.69) is 50.7 Å². The SMILES string of the molecule is CCc1nncn1CCNC(=NC)N1CCC(CC(C)C)C1.I. The average Bonchev–Trinajstić information content (AvgIpc) is 3.12. The quantitative estimate of drug-likeness (QED) is 0.425. The van der Waals surface area contributed by atoms with E-state index in [1.165, 1.54) is 12.8 Å². The molecule has 1 atom stereocenters. The lowest BCUT2D eigenvalue weighted by Gasteiger charge is -2.22. The van der Waals surface area contributed by atoms with Gasteiger partial charge in [0, 0.05) is 39.6 Å². The molecule has 0 aliphatic carbocycles. The molecule has 1 aliphatic rings. The Morgan fingerprint density at radius 3 is 2.91 bits per heavy atom. The zero-order valence-electron chi connectivity index (χ0n) is 14.8. The lowest BCUT2D eigenvalue weighted by molar-refractivity contribution is 0.403. The predicted octanol–water partition coefficient (Wildman–Crippen LogP) is 2.40. The standard InChI is InChI=1S/C16H30N6.HI/c1-5-15-20-19-12-22(15)9-7-18-16(17-4)21-8-6-14(11-21)10-13(2)3;/h12-14H,5-11H2,1-4H3,(H,17,18);1H. The van der Waals surface area contributed by atoms with Crippen LogP contribution in [0.2, 0.25) is 0 Å². The molecule has 23 heavy (non-hydrogen) atoms. The Bertz CT molecular complexity index is 485. The maximum Gasteiger partial charge on any atom is 0.193 e. The third kappa shape index (κ3) is 5.93. The largest absolute Gasteiger partial charge is 0.354 e. The highest BCUT2D eigenvalue weighted by Gasteiger charge is 2.25. The second-order valence-electron chi connectivity index (χ2n) is 6.50. The molecular formula is C16H31IN6. The molecule has 2 heterocycles. The van der Waals surface area contributed by atoms with Crippen LogP contribution in [-0.4, -0.2) is 52.3 Å². The zero-order valence-corrected chi connectivity index (χ0v) is 17.2. The maximum atomic E-state index is 4.44. The van der Waals surface area contributed by atoms with Gasteiger partial charge < -0.3 is 14.8 Å². The number of guanidine groups is 1. The van der Waals surface area contributed by atoms with Gasteiger partial charge in [-0.2, -0.15) is 0 Å². The van der Waals surface area contributed by atoms with Crippen molar-refractivity contribution in [3.05, 3.63) is 12.2 Å². The number of aliphatic imine (C=N–C) groups is 1. The van der Waals surface area contributed by atoms with Crippen molar-refractivity contribution in [3.63, 3.8) is 0 Å². The summed E-state index contributed by atoms with van der Waals surface area (Å²) in [6, 6.07) is 0. The van der Waals surface area contributed by atoms with Crippen LogP contribution in [-0.2, 0) is 13.0 Å². The van der Waals surface area contributed by atoms with Crippen molar-refractivity contribution in [1.29, 1.82) is 0 Å². The fraction of sp³-hybridized carbons (Fsp3) is 0.812. The van der Waals surface area contributed by atoms with Gasteiger partial charge in [0.1, 0.15) is 12.2 Å². The summed E-state index contributed by atoms with van der Waals surface area (Å²) in [4.78, 5) is 6.82. The fourth-order valence-electron chi connectivity index (χ4n) is 3.24. The third-order valence-electron chi connectivity index (χ3n) is 4.25. The second-order valence-corrected chi connectivity index (χ2v) is 6.50. The minimum absolute atomic E-state index is 0. The summed E-state index contributed by atoms with van der Waals surface area (Å²) in [5, 5.41) is 11.6. The van der Waals surface area contributed by atoms with Crippen LogP contribution in [0, 0.1) is 11.8 Å². The number of aromatic nitrogens is 3. The van der Waals surface area contributed by atoms with Gasteiger partial charge in [-0.15, -0.1) is 34.2 Å². The minimum Gasteiger partial charge on any atom is -0.354 e. The molecule has 0 amide bonds. The number of aryl methyl sites for hydroxylation is 1. The first-order valence-electron chi connectivity index (χ1n) is 8.46. The van der Waals surface area contributed by atoms with Gasteiger partial charge >= 0.3 is 0 Å². The van der Waals surface area contributed by atoms with Crippen molar-refractivity contribution in [2.45, 2.75) is 46.6 Å². The summed E-state index contributed by atoms with van der Waals surface area (Å²) in [7, 11) is 1.87. The molecule has 1 aliphatic heterocycles. The van der Waals surface area contributed by atoms with E-state index in [-0.39, 0.29) is 24.0 Å². The monoisotopic (exact) mass is 434 g/mol. The van der Waals surface area contributed by atoms with E-state index < -0.39 is 0 Å². The van der Waals surface area contributed by atoms with Gasteiger partial charge in [0.15, 0.2) is 5.96 Å². The van der Waals surface area contributed by atoms with Crippen LogP contribution in [0.3, 0.4) is 0 Å². The summed E-state index contributed by atoms with van der Waals surface area (Å²) in [5.74, 6) is 3.65. The smallest absolute Gasteiger partial charge is 0.193 e. The molecular weight excluding hydrogens is 403 g/mol. The molecule has 0 spiro atoms. The first kappa shape index (κ1) is 20.2. The highest BCUT2D eigenvalue weighted by molar-refractivity contribution is 14.0. The molecule has 0 saturated carbocycles. The predicted molar refractivity (Wildman–Crippen MR) is 105 cm³/mol. The molecule has 0 aromatic carbocycles. The van der Waals surface area contributed by atoms with Crippen LogP contribution in [0.4, 0.5) is 0 Å². The molecule has 1 fully saturated rings. The van der Waals surface area contributed by atoms with Crippen LogP contribution in [0.25, 0.3) is 0 Å². The Hall–Kier alpha value is -0.860. The number of nitrogens with zero attached hydrogens (tertiary/aromatic N) is 5. The molecule has 1 aromatic rings. The Morgan fingerprint density at radius 1 is 1.48 bits per heavy atom. The van der Waals surface area contributed by atoms with Crippen LogP contribution in [0.15, 0.2) is 11.3 Å². The summed E-state index contributed by atoms with van der Waals surface area (Å²) >= 11 is 0. The molecule has 1 N–H and O–H groups in total. The molecule has 0 bridgehead atoms. The minimum atomic E-state index is 0. The lowest BCUT2D eigenvalue weighted by Crippen LogP contribution is -2.41. The van der Waals surface area contributed by atoms with Crippen LogP contribution in [0.1, 0.15) is 39.4 Å². The first-order valence-corrected chi connectivity index (χ1v) is 8.46. The maximum absolute atomic E-state index is 4.44. The molecule has 2 rings (SSSR count). The van der Waals surface area contributed by atoms with Crippen molar-refractivity contribution in [3.8, 4) is 0 Å². The molecule has 7 heteroatoms. The number of nitrogens with one attached hydrogen (secondary N) is 1. The van der Waals surface area contributed by atoms with Crippen molar-refractivity contribution in [2.24, 2.45) is 16.8 Å².